The lowest BCUT2D eigenvalue weighted by molar-refractivity contribution is 0.105. The topological polar surface area (TPSA) is 88.1 Å². The predicted molar refractivity (Wildman–Crippen MR) is 66.9 cm³/mol. The molecule has 1 aliphatic carbocycles. The maximum atomic E-state index is 11.6. The van der Waals surface area contributed by atoms with Crippen molar-refractivity contribution in [3.63, 3.8) is 0 Å². The Bertz CT molecular complexity index is 481. The fourth-order valence-corrected chi connectivity index (χ4v) is 2.05. The van der Waals surface area contributed by atoms with Crippen LogP contribution in [0.3, 0.4) is 0 Å². The standard InChI is InChI=1S/C13H15N3O2/c14-8-9-3-1-4-10(7-9)16-13(17)18-12-6-2-5-11(12)15/h1,3-4,7,11-12H,2,5-6,15H2,(H,16,17). The van der Waals surface area contributed by atoms with Crippen LogP contribution in [-0.4, -0.2) is 18.2 Å². The van der Waals surface area contributed by atoms with Crippen molar-refractivity contribution in [3.8, 4) is 6.07 Å². The van der Waals surface area contributed by atoms with Crippen LogP contribution in [0.2, 0.25) is 0 Å². The van der Waals surface area contributed by atoms with E-state index in [9.17, 15) is 4.79 Å². The summed E-state index contributed by atoms with van der Waals surface area (Å²) >= 11 is 0. The largest absolute Gasteiger partial charge is 0.444 e. The molecule has 1 fully saturated rings. The van der Waals surface area contributed by atoms with Crippen LogP contribution in [0, 0.1) is 11.3 Å². The van der Waals surface area contributed by atoms with Gasteiger partial charge in [0.15, 0.2) is 0 Å². The fraction of sp³-hybridized carbons (Fsp3) is 0.385. The van der Waals surface area contributed by atoms with Gasteiger partial charge in [-0.3, -0.25) is 5.32 Å². The molecule has 5 nitrogen and oxygen atoms in total. The maximum absolute atomic E-state index is 11.6. The summed E-state index contributed by atoms with van der Waals surface area (Å²) < 4.78 is 5.24. The molecule has 1 amide bonds. The molecule has 5 heteroatoms. The Labute approximate surface area is 106 Å². The number of carbonyl (C=O) groups excluding carboxylic acids is 1. The fourth-order valence-electron chi connectivity index (χ4n) is 2.05. The Morgan fingerprint density at radius 2 is 2.33 bits per heavy atom. The molecule has 0 radical (unpaired) electrons. The number of hydrogen-bond acceptors (Lipinski definition) is 4. The van der Waals surface area contributed by atoms with Gasteiger partial charge in [-0.05, 0) is 37.5 Å². The molecule has 1 aromatic rings. The van der Waals surface area contributed by atoms with Gasteiger partial charge < -0.3 is 10.5 Å². The lowest BCUT2D eigenvalue weighted by atomic mass is 10.2. The van der Waals surface area contributed by atoms with E-state index in [2.05, 4.69) is 5.32 Å². The highest BCUT2D eigenvalue weighted by molar-refractivity contribution is 5.85. The van der Waals surface area contributed by atoms with Crippen molar-refractivity contribution in [2.24, 2.45) is 5.73 Å². The van der Waals surface area contributed by atoms with Gasteiger partial charge in [0.1, 0.15) is 6.10 Å². The Morgan fingerprint density at radius 3 is 3.00 bits per heavy atom. The number of ether oxygens (including phenoxy) is 1. The van der Waals surface area contributed by atoms with Crippen molar-refractivity contribution in [2.75, 3.05) is 5.32 Å². The first-order valence-corrected chi connectivity index (χ1v) is 5.92. The number of benzene rings is 1. The first-order valence-electron chi connectivity index (χ1n) is 5.92. The van der Waals surface area contributed by atoms with Crippen molar-refractivity contribution in [1.29, 1.82) is 5.26 Å². The first kappa shape index (κ1) is 12.4. The number of carbonyl (C=O) groups is 1. The Kier molecular flexibility index (Phi) is 3.80. The average Bonchev–Trinajstić information content (AvgIpc) is 2.75. The van der Waals surface area contributed by atoms with E-state index in [0.717, 1.165) is 19.3 Å². The van der Waals surface area contributed by atoms with E-state index in [1.807, 2.05) is 6.07 Å². The van der Waals surface area contributed by atoms with Crippen molar-refractivity contribution in [2.45, 2.75) is 31.4 Å². The zero-order valence-corrected chi connectivity index (χ0v) is 9.93. The highest BCUT2D eigenvalue weighted by Gasteiger charge is 2.27. The summed E-state index contributed by atoms with van der Waals surface area (Å²) in [6, 6.07) is 8.61. The summed E-state index contributed by atoms with van der Waals surface area (Å²) in [7, 11) is 0. The number of nitrogens with zero attached hydrogens (tertiary/aromatic N) is 1. The molecular weight excluding hydrogens is 230 g/mol. The second kappa shape index (κ2) is 5.52. The second-order valence-corrected chi connectivity index (χ2v) is 4.36. The molecule has 0 saturated heterocycles. The van der Waals surface area contributed by atoms with E-state index in [0.29, 0.717) is 11.3 Å². The third-order valence-electron chi connectivity index (χ3n) is 3.00. The van der Waals surface area contributed by atoms with Gasteiger partial charge in [0.2, 0.25) is 0 Å². The van der Waals surface area contributed by atoms with Crippen LogP contribution in [0.15, 0.2) is 24.3 Å². The summed E-state index contributed by atoms with van der Waals surface area (Å²) in [4.78, 5) is 11.6. The molecule has 0 bridgehead atoms. The highest BCUT2D eigenvalue weighted by atomic mass is 16.6. The van der Waals surface area contributed by atoms with Crippen LogP contribution in [0.25, 0.3) is 0 Å². The van der Waals surface area contributed by atoms with E-state index in [-0.39, 0.29) is 12.1 Å². The molecule has 0 spiro atoms. The second-order valence-electron chi connectivity index (χ2n) is 4.36. The molecule has 1 aromatic carbocycles. The van der Waals surface area contributed by atoms with E-state index < -0.39 is 6.09 Å². The van der Waals surface area contributed by atoms with E-state index in [1.54, 1.807) is 24.3 Å². The van der Waals surface area contributed by atoms with Gasteiger partial charge in [0.05, 0.1) is 11.6 Å². The predicted octanol–water partition coefficient (Wildman–Crippen LogP) is 1.99. The van der Waals surface area contributed by atoms with E-state index in [1.165, 1.54) is 0 Å². The molecule has 0 aliphatic heterocycles. The van der Waals surface area contributed by atoms with Crippen molar-refractivity contribution >= 4 is 11.8 Å². The number of nitrogens with one attached hydrogen (secondary N) is 1. The van der Waals surface area contributed by atoms with Gasteiger partial charge in [0, 0.05) is 11.7 Å². The molecule has 0 aromatic heterocycles. The van der Waals surface area contributed by atoms with Gasteiger partial charge in [-0.25, -0.2) is 4.79 Å². The normalized spacial score (nSPS) is 22.2. The lowest BCUT2D eigenvalue weighted by Gasteiger charge is -2.16. The molecule has 0 heterocycles. The van der Waals surface area contributed by atoms with Gasteiger partial charge in [-0.15, -0.1) is 0 Å². The van der Waals surface area contributed by atoms with Crippen molar-refractivity contribution in [1.82, 2.24) is 0 Å². The van der Waals surface area contributed by atoms with Gasteiger partial charge in [-0.1, -0.05) is 6.07 Å². The molecule has 1 saturated carbocycles. The molecule has 1 aliphatic rings. The molecule has 2 atom stereocenters. The smallest absolute Gasteiger partial charge is 0.411 e. The minimum absolute atomic E-state index is 0.0683. The zero-order valence-electron chi connectivity index (χ0n) is 9.93. The molecular formula is C13H15N3O2. The van der Waals surface area contributed by atoms with Crippen LogP contribution >= 0.6 is 0 Å². The monoisotopic (exact) mass is 245 g/mol. The number of nitrogens with two attached hydrogens (primary N) is 1. The van der Waals surface area contributed by atoms with Crippen LogP contribution in [0.4, 0.5) is 10.5 Å². The minimum Gasteiger partial charge on any atom is -0.444 e. The van der Waals surface area contributed by atoms with Crippen LogP contribution in [0.1, 0.15) is 24.8 Å². The van der Waals surface area contributed by atoms with E-state index in [4.69, 9.17) is 15.7 Å². The van der Waals surface area contributed by atoms with Crippen LogP contribution in [0.5, 0.6) is 0 Å². The Morgan fingerprint density at radius 1 is 1.50 bits per heavy atom. The third-order valence-corrected chi connectivity index (χ3v) is 3.00. The number of nitriles is 1. The number of amides is 1. The third kappa shape index (κ3) is 2.99. The average molecular weight is 245 g/mol. The first-order chi connectivity index (χ1) is 8.69. The zero-order chi connectivity index (χ0) is 13.0. The van der Waals surface area contributed by atoms with Gasteiger partial charge in [-0.2, -0.15) is 5.26 Å². The summed E-state index contributed by atoms with van der Waals surface area (Å²) in [5.74, 6) is 0. The highest BCUT2D eigenvalue weighted by Crippen LogP contribution is 2.21. The van der Waals surface area contributed by atoms with Crippen molar-refractivity contribution in [3.05, 3.63) is 29.8 Å². The van der Waals surface area contributed by atoms with E-state index >= 15 is 0 Å². The number of rotatable bonds is 2. The quantitative estimate of drug-likeness (QED) is 0.833. The molecule has 2 unspecified atom stereocenters. The Hall–Kier alpha value is -2.06. The Balaban J connectivity index is 1.92. The molecule has 3 N–H and O–H groups in total. The summed E-state index contributed by atoms with van der Waals surface area (Å²) in [5.41, 5.74) is 6.86. The van der Waals surface area contributed by atoms with Gasteiger partial charge >= 0.3 is 6.09 Å². The minimum atomic E-state index is -0.521. The van der Waals surface area contributed by atoms with Gasteiger partial charge in [0.25, 0.3) is 0 Å². The molecule has 94 valence electrons. The molecule has 18 heavy (non-hydrogen) atoms. The van der Waals surface area contributed by atoms with Crippen LogP contribution < -0.4 is 11.1 Å². The summed E-state index contributed by atoms with van der Waals surface area (Å²) in [6.45, 7) is 0. The number of anilines is 1. The maximum Gasteiger partial charge on any atom is 0.411 e. The summed E-state index contributed by atoms with van der Waals surface area (Å²) in [5, 5.41) is 11.3. The SMILES string of the molecule is N#Cc1cccc(NC(=O)OC2CCCC2N)c1. The molecule has 2 rings (SSSR count). The summed E-state index contributed by atoms with van der Waals surface area (Å²) in [6.07, 6.45) is 1.97. The lowest BCUT2D eigenvalue weighted by Crippen LogP contribution is -2.34. The number of hydrogen-bond donors (Lipinski definition) is 2. The van der Waals surface area contributed by atoms with Crippen molar-refractivity contribution < 1.29 is 9.53 Å². The van der Waals surface area contributed by atoms with Crippen LogP contribution in [-0.2, 0) is 4.74 Å².